The third kappa shape index (κ3) is 2.92. The van der Waals surface area contributed by atoms with E-state index in [1.165, 1.54) is 24.7 Å². The summed E-state index contributed by atoms with van der Waals surface area (Å²) < 4.78 is 28.7. The third-order valence-electron chi connectivity index (χ3n) is 2.66. The van der Waals surface area contributed by atoms with E-state index in [1.807, 2.05) is 0 Å². The van der Waals surface area contributed by atoms with Crippen LogP contribution in [0.5, 0.6) is 0 Å². The number of hydrogen-bond donors (Lipinski definition) is 3. The van der Waals surface area contributed by atoms with Gasteiger partial charge in [-0.05, 0) is 13.0 Å². The summed E-state index contributed by atoms with van der Waals surface area (Å²) in [5.41, 5.74) is 2.30. The SMILES string of the molecule is CC(NS(=O)(=O)c1ccnc(NN)c1)c1nncn1C. The van der Waals surface area contributed by atoms with E-state index >= 15 is 0 Å². The molecule has 2 aromatic heterocycles. The Hall–Kier alpha value is -2.04. The monoisotopic (exact) mass is 297 g/mol. The van der Waals surface area contributed by atoms with Gasteiger partial charge >= 0.3 is 0 Å². The van der Waals surface area contributed by atoms with Gasteiger partial charge in [0.15, 0.2) is 0 Å². The van der Waals surface area contributed by atoms with Crippen LogP contribution >= 0.6 is 0 Å². The molecule has 9 nitrogen and oxygen atoms in total. The Bertz CT molecular complexity index is 697. The highest BCUT2D eigenvalue weighted by Gasteiger charge is 2.21. The van der Waals surface area contributed by atoms with E-state index in [1.54, 1.807) is 18.5 Å². The molecule has 0 spiro atoms. The maximum Gasteiger partial charge on any atom is 0.241 e. The molecule has 20 heavy (non-hydrogen) atoms. The summed E-state index contributed by atoms with van der Waals surface area (Å²) in [6, 6.07) is 2.20. The van der Waals surface area contributed by atoms with Crippen LogP contribution in [-0.2, 0) is 17.1 Å². The van der Waals surface area contributed by atoms with Crippen LogP contribution in [0.25, 0.3) is 0 Å². The van der Waals surface area contributed by atoms with Crippen LogP contribution in [0, 0.1) is 0 Å². The summed E-state index contributed by atoms with van der Waals surface area (Å²) in [4.78, 5) is 3.92. The summed E-state index contributed by atoms with van der Waals surface area (Å²) in [5, 5.41) is 7.58. The van der Waals surface area contributed by atoms with Crippen LogP contribution < -0.4 is 16.0 Å². The van der Waals surface area contributed by atoms with Crippen molar-refractivity contribution in [2.24, 2.45) is 12.9 Å². The van der Waals surface area contributed by atoms with Gasteiger partial charge in [0.1, 0.15) is 18.0 Å². The van der Waals surface area contributed by atoms with Crippen molar-refractivity contribution in [3.63, 3.8) is 0 Å². The molecule has 0 aliphatic carbocycles. The Kier molecular flexibility index (Phi) is 3.97. The molecule has 2 aromatic rings. The summed E-state index contributed by atoms with van der Waals surface area (Å²) >= 11 is 0. The molecule has 0 aliphatic rings. The number of nitrogen functional groups attached to an aromatic ring is 1. The molecule has 0 aliphatic heterocycles. The minimum Gasteiger partial charge on any atom is -0.319 e. The van der Waals surface area contributed by atoms with E-state index in [0.29, 0.717) is 5.82 Å². The molecule has 0 aromatic carbocycles. The Morgan fingerprint density at radius 1 is 1.45 bits per heavy atom. The molecule has 0 saturated heterocycles. The number of rotatable bonds is 5. The van der Waals surface area contributed by atoms with E-state index in [4.69, 9.17) is 5.84 Å². The minimum atomic E-state index is -3.70. The van der Waals surface area contributed by atoms with Crippen molar-refractivity contribution < 1.29 is 8.42 Å². The largest absolute Gasteiger partial charge is 0.319 e. The zero-order valence-corrected chi connectivity index (χ0v) is 11.8. The highest BCUT2D eigenvalue weighted by Crippen LogP contribution is 2.16. The van der Waals surface area contributed by atoms with Gasteiger partial charge in [0.2, 0.25) is 10.0 Å². The van der Waals surface area contributed by atoms with Gasteiger partial charge in [0, 0.05) is 19.3 Å². The van der Waals surface area contributed by atoms with Crippen molar-refractivity contribution in [1.82, 2.24) is 24.5 Å². The lowest BCUT2D eigenvalue weighted by Crippen LogP contribution is -2.28. The number of pyridine rings is 1. The fraction of sp³-hybridized carbons (Fsp3) is 0.300. The van der Waals surface area contributed by atoms with Gasteiger partial charge in [-0.1, -0.05) is 0 Å². The second-order valence-corrected chi connectivity index (χ2v) is 5.88. The Morgan fingerprint density at radius 2 is 2.20 bits per heavy atom. The van der Waals surface area contributed by atoms with Crippen LogP contribution in [-0.4, -0.2) is 28.2 Å². The maximum absolute atomic E-state index is 12.3. The Balaban J connectivity index is 2.25. The number of sulfonamides is 1. The summed E-state index contributed by atoms with van der Waals surface area (Å²) in [6.07, 6.45) is 2.86. The van der Waals surface area contributed by atoms with Gasteiger partial charge in [0.25, 0.3) is 0 Å². The third-order valence-corrected chi connectivity index (χ3v) is 4.19. The normalized spacial score (nSPS) is 13.2. The van der Waals surface area contributed by atoms with E-state index in [9.17, 15) is 8.42 Å². The summed E-state index contributed by atoms with van der Waals surface area (Å²) in [7, 11) is -1.96. The first-order valence-electron chi connectivity index (χ1n) is 5.73. The lowest BCUT2D eigenvalue weighted by Gasteiger charge is -2.13. The van der Waals surface area contributed by atoms with E-state index in [-0.39, 0.29) is 10.7 Å². The summed E-state index contributed by atoms with van der Waals surface area (Å²) in [6.45, 7) is 1.69. The van der Waals surface area contributed by atoms with Crippen molar-refractivity contribution in [2.45, 2.75) is 17.9 Å². The fourth-order valence-corrected chi connectivity index (χ4v) is 2.91. The molecule has 0 saturated carbocycles. The van der Waals surface area contributed by atoms with Crippen LogP contribution in [0.15, 0.2) is 29.6 Å². The van der Waals surface area contributed by atoms with Gasteiger partial charge < -0.3 is 9.99 Å². The molecule has 0 bridgehead atoms. The molecule has 1 atom stereocenters. The fourth-order valence-electron chi connectivity index (χ4n) is 1.69. The van der Waals surface area contributed by atoms with Crippen LogP contribution in [0.2, 0.25) is 0 Å². The molecule has 10 heteroatoms. The molecule has 0 amide bonds. The van der Waals surface area contributed by atoms with Crippen LogP contribution in [0.4, 0.5) is 5.82 Å². The molecule has 1 unspecified atom stereocenters. The van der Waals surface area contributed by atoms with Crippen molar-refractivity contribution in [3.05, 3.63) is 30.5 Å². The topological polar surface area (TPSA) is 128 Å². The quantitative estimate of drug-likeness (QED) is 0.503. The molecular formula is C10H15N7O2S. The number of aryl methyl sites for hydroxylation is 1. The predicted molar refractivity (Wildman–Crippen MR) is 71.8 cm³/mol. The molecule has 0 radical (unpaired) electrons. The van der Waals surface area contributed by atoms with E-state index in [2.05, 4.69) is 25.3 Å². The number of anilines is 1. The van der Waals surface area contributed by atoms with Gasteiger partial charge in [0.05, 0.1) is 10.9 Å². The molecule has 108 valence electrons. The number of hydrazine groups is 1. The highest BCUT2D eigenvalue weighted by molar-refractivity contribution is 7.89. The summed E-state index contributed by atoms with van der Waals surface area (Å²) in [5.74, 6) is 5.99. The second kappa shape index (κ2) is 5.53. The minimum absolute atomic E-state index is 0.0643. The van der Waals surface area contributed by atoms with Crippen molar-refractivity contribution >= 4 is 15.8 Å². The molecule has 2 heterocycles. The number of hydrogen-bond acceptors (Lipinski definition) is 7. The maximum atomic E-state index is 12.3. The van der Waals surface area contributed by atoms with Crippen molar-refractivity contribution in [2.75, 3.05) is 5.43 Å². The number of aromatic nitrogens is 4. The van der Waals surface area contributed by atoms with E-state index < -0.39 is 16.1 Å². The first-order chi connectivity index (χ1) is 9.44. The standard InChI is InChI=1S/C10H15N7O2S/c1-7(10-15-13-6-17(10)2)16-20(18,19)8-3-4-12-9(5-8)14-11/h3-7,16H,11H2,1-2H3,(H,12,14). The van der Waals surface area contributed by atoms with Gasteiger partial charge in [-0.25, -0.2) is 24.0 Å². The molecule has 4 N–H and O–H groups in total. The zero-order valence-electron chi connectivity index (χ0n) is 11.0. The Labute approximate surface area is 116 Å². The van der Waals surface area contributed by atoms with E-state index in [0.717, 1.165) is 0 Å². The number of nitrogens with zero attached hydrogens (tertiary/aromatic N) is 4. The average Bonchev–Trinajstić information content (AvgIpc) is 2.84. The average molecular weight is 297 g/mol. The van der Waals surface area contributed by atoms with Crippen molar-refractivity contribution in [3.8, 4) is 0 Å². The molecule has 2 rings (SSSR count). The lowest BCUT2D eigenvalue weighted by atomic mass is 10.3. The molecule has 0 fully saturated rings. The van der Waals surface area contributed by atoms with Gasteiger partial charge in [-0.15, -0.1) is 10.2 Å². The van der Waals surface area contributed by atoms with Crippen molar-refractivity contribution in [1.29, 1.82) is 0 Å². The Morgan fingerprint density at radius 3 is 2.80 bits per heavy atom. The zero-order chi connectivity index (χ0) is 14.8. The first-order valence-corrected chi connectivity index (χ1v) is 7.21. The highest BCUT2D eigenvalue weighted by atomic mass is 32.2. The van der Waals surface area contributed by atoms with Gasteiger partial charge in [-0.2, -0.15) is 0 Å². The number of nitrogens with one attached hydrogen (secondary N) is 2. The predicted octanol–water partition coefficient (Wildman–Crippen LogP) is -0.465. The first kappa shape index (κ1) is 14.4. The van der Waals surface area contributed by atoms with Crippen LogP contribution in [0.1, 0.15) is 18.8 Å². The molecular weight excluding hydrogens is 282 g/mol. The second-order valence-electron chi connectivity index (χ2n) is 4.16. The van der Waals surface area contributed by atoms with Gasteiger partial charge in [-0.3, -0.25) is 0 Å². The van der Waals surface area contributed by atoms with Crippen LogP contribution in [0.3, 0.4) is 0 Å². The number of nitrogens with two attached hydrogens (primary N) is 1. The smallest absolute Gasteiger partial charge is 0.241 e. The lowest BCUT2D eigenvalue weighted by molar-refractivity contribution is 0.553.